The number of nitrogens with zero attached hydrogens (tertiary/aromatic N) is 4. The summed E-state index contributed by atoms with van der Waals surface area (Å²) < 4.78 is 1.75. The molecule has 0 aliphatic rings. The summed E-state index contributed by atoms with van der Waals surface area (Å²) in [7, 11) is 0. The van der Waals surface area contributed by atoms with Crippen molar-refractivity contribution < 1.29 is 0 Å². The van der Waals surface area contributed by atoms with Crippen LogP contribution in [0.1, 0.15) is 11.1 Å². The zero-order chi connectivity index (χ0) is 17.6. The summed E-state index contributed by atoms with van der Waals surface area (Å²) in [6, 6.07) is 27.7. The van der Waals surface area contributed by atoms with E-state index >= 15 is 0 Å². The van der Waals surface area contributed by atoms with Crippen molar-refractivity contribution in [3.8, 4) is 0 Å². The van der Waals surface area contributed by atoms with Gasteiger partial charge in [-0.25, -0.2) is 10.4 Å². The van der Waals surface area contributed by atoms with Gasteiger partial charge in [-0.05, 0) is 23.3 Å². The Labute approximate surface area is 151 Å². The molecule has 3 aromatic carbocycles. The van der Waals surface area contributed by atoms with Gasteiger partial charge in [0.25, 0.3) is 0 Å². The van der Waals surface area contributed by atoms with Crippen molar-refractivity contribution in [3.63, 3.8) is 0 Å². The smallest absolute Gasteiger partial charge is 0.245 e. The molecule has 0 amide bonds. The van der Waals surface area contributed by atoms with Gasteiger partial charge < -0.3 is 0 Å². The van der Waals surface area contributed by atoms with E-state index in [0.717, 1.165) is 22.2 Å². The van der Waals surface area contributed by atoms with Crippen LogP contribution in [0.4, 0.5) is 5.95 Å². The van der Waals surface area contributed by atoms with E-state index in [1.807, 2.05) is 84.9 Å². The molecule has 1 heterocycles. The van der Waals surface area contributed by atoms with Crippen molar-refractivity contribution in [2.45, 2.75) is 0 Å². The van der Waals surface area contributed by atoms with Crippen LogP contribution in [0.2, 0.25) is 0 Å². The second-order valence-electron chi connectivity index (χ2n) is 5.67. The topological polar surface area (TPSA) is 54.6 Å². The lowest BCUT2D eigenvalue weighted by molar-refractivity contribution is 0.913. The Kier molecular flexibility index (Phi) is 4.52. The van der Waals surface area contributed by atoms with Crippen LogP contribution in [0.15, 0.2) is 95.1 Å². The summed E-state index contributed by atoms with van der Waals surface area (Å²) in [6.07, 6.45) is 3.56. The summed E-state index contributed by atoms with van der Waals surface area (Å²) >= 11 is 0. The van der Waals surface area contributed by atoms with Crippen LogP contribution in [0.25, 0.3) is 11.0 Å². The van der Waals surface area contributed by atoms with E-state index in [2.05, 4.69) is 20.6 Å². The highest BCUT2D eigenvalue weighted by molar-refractivity contribution is 5.83. The molecular weight excluding hydrogens is 322 g/mol. The summed E-state index contributed by atoms with van der Waals surface area (Å²) in [5.41, 5.74) is 6.79. The molecule has 4 rings (SSSR count). The minimum Gasteiger partial charge on any atom is -0.245 e. The van der Waals surface area contributed by atoms with Crippen LogP contribution in [0.5, 0.6) is 0 Å². The fourth-order valence-electron chi connectivity index (χ4n) is 2.57. The van der Waals surface area contributed by atoms with Crippen molar-refractivity contribution in [2.24, 2.45) is 10.2 Å². The summed E-state index contributed by atoms with van der Waals surface area (Å²) in [6.45, 7) is 0. The third-order valence-electron chi connectivity index (χ3n) is 3.84. The molecule has 0 unspecified atom stereocenters. The number of hydrogen-bond donors (Lipinski definition) is 1. The maximum Gasteiger partial charge on any atom is 0.245 e. The van der Waals surface area contributed by atoms with Crippen molar-refractivity contribution >= 4 is 29.4 Å². The number of para-hydroxylation sites is 2. The van der Waals surface area contributed by atoms with Crippen LogP contribution in [0, 0.1) is 0 Å². The minimum absolute atomic E-state index is 0.561. The molecule has 1 aromatic heterocycles. The van der Waals surface area contributed by atoms with E-state index < -0.39 is 0 Å². The summed E-state index contributed by atoms with van der Waals surface area (Å²) in [5, 5.41) is 8.87. The van der Waals surface area contributed by atoms with Gasteiger partial charge in [0.15, 0.2) is 0 Å². The number of rotatable bonds is 5. The Hall–Kier alpha value is -3.73. The number of hydrogen-bond acceptors (Lipinski definition) is 4. The Morgan fingerprint density at radius 2 is 1.35 bits per heavy atom. The molecule has 0 radical (unpaired) electrons. The minimum atomic E-state index is 0.561. The van der Waals surface area contributed by atoms with Crippen LogP contribution < -0.4 is 5.43 Å². The molecule has 5 nitrogen and oxygen atoms in total. The van der Waals surface area contributed by atoms with E-state index in [1.165, 1.54) is 0 Å². The lowest BCUT2D eigenvalue weighted by Gasteiger charge is -2.02. The number of nitrogens with one attached hydrogen (secondary N) is 1. The highest BCUT2D eigenvalue weighted by Crippen LogP contribution is 2.19. The number of imidazole rings is 1. The van der Waals surface area contributed by atoms with Gasteiger partial charge in [-0.15, -0.1) is 0 Å². The van der Waals surface area contributed by atoms with Crippen LogP contribution in [0.3, 0.4) is 0 Å². The Morgan fingerprint density at radius 1 is 0.731 bits per heavy atom. The standard InChI is InChI=1S/C21H17N5/c1-3-9-17(10-4-1)15-22-25-21-24-19-13-7-8-14-20(19)26(21)23-16-18-11-5-2-6-12-18/h1-16H,(H,24,25). The molecular formula is C21H17N5. The van der Waals surface area contributed by atoms with E-state index in [-0.39, 0.29) is 0 Å². The molecule has 26 heavy (non-hydrogen) atoms. The summed E-state index contributed by atoms with van der Waals surface area (Å²) in [5.74, 6) is 0.561. The Balaban J connectivity index is 1.65. The van der Waals surface area contributed by atoms with Gasteiger partial charge in [0.1, 0.15) is 0 Å². The molecule has 0 aliphatic heterocycles. The molecule has 0 spiro atoms. The van der Waals surface area contributed by atoms with Crippen molar-refractivity contribution in [1.82, 2.24) is 9.66 Å². The van der Waals surface area contributed by atoms with E-state index in [1.54, 1.807) is 17.1 Å². The molecule has 4 aromatic rings. The van der Waals surface area contributed by atoms with E-state index in [0.29, 0.717) is 5.95 Å². The third kappa shape index (κ3) is 3.52. The SMILES string of the molecule is C(=NNc1nc2ccccc2n1N=Cc1ccccc1)c1ccccc1. The number of hydrazone groups is 1. The van der Waals surface area contributed by atoms with Gasteiger partial charge in [-0.3, -0.25) is 0 Å². The average Bonchev–Trinajstić information content (AvgIpc) is 3.05. The number of fused-ring (bicyclic) bond motifs is 1. The first-order chi connectivity index (χ1) is 12.9. The van der Waals surface area contributed by atoms with Gasteiger partial charge in [0.05, 0.1) is 23.5 Å². The molecule has 5 heteroatoms. The number of aromatic nitrogens is 2. The fourth-order valence-corrected chi connectivity index (χ4v) is 2.57. The van der Waals surface area contributed by atoms with Gasteiger partial charge in [0, 0.05) is 0 Å². The predicted molar refractivity (Wildman–Crippen MR) is 107 cm³/mol. The first kappa shape index (κ1) is 15.8. The van der Waals surface area contributed by atoms with Crippen LogP contribution >= 0.6 is 0 Å². The normalized spacial score (nSPS) is 11.5. The zero-order valence-electron chi connectivity index (χ0n) is 14.0. The molecule has 0 fully saturated rings. The highest BCUT2D eigenvalue weighted by Gasteiger charge is 2.08. The lowest BCUT2D eigenvalue weighted by Crippen LogP contribution is -1.99. The largest absolute Gasteiger partial charge is 0.245 e. The first-order valence-corrected chi connectivity index (χ1v) is 8.31. The monoisotopic (exact) mass is 339 g/mol. The molecule has 126 valence electrons. The highest BCUT2D eigenvalue weighted by atomic mass is 15.5. The molecule has 0 bridgehead atoms. The van der Waals surface area contributed by atoms with E-state index in [9.17, 15) is 0 Å². The quantitative estimate of drug-likeness (QED) is 0.434. The molecule has 1 N–H and O–H groups in total. The third-order valence-corrected chi connectivity index (χ3v) is 3.84. The van der Waals surface area contributed by atoms with Crippen molar-refractivity contribution in [2.75, 3.05) is 5.43 Å². The van der Waals surface area contributed by atoms with Gasteiger partial charge in [-0.1, -0.05) is 72.8 Å². The zero-order valence-corrected chi connectivity index (χ0v) is 14.0. The van der Waals surface area contributed by atoms with E-state index in [4.69, 9.17) is 0 Å². The molecule has 0 saturated carbocycles. The van der Waals surface area contributed by atoms with Crippen molar-refractivity contribution in [1.29, 1.82) is 0 Å². The molecule has 0 saturated heterocycles. The molecule has 0 aliphatic carbocycles. The predicted octanol–water partition coefficient (Wildman–Crippen LogP) is 4.36. The Bertz CT molecular complexity index is 1050. The summed E-state index contributed by atoms with van der Waals surface area (Å²) in [4.78, 5) is 4.58. The fraction of sp³-hybridized carbons (Fsp3) is 0. The van der Waals surface area contributed by atoms with Crippen LogP contribution in [-0.4, -0.2) is 22.1 Å². The maximum atomic E-state index is 4.58. The lowest BCUT2D eigenvalue weighted by atomic mass is 10.2. The average molecular weight is 339 g/mol. The Morgan fingerprint density at radius 3 is 2.08 bits per heavy atom. The molecule has 0 atom stereocenters. The number of anilines is 1. The first-order valence-electron chi connectivity index (χ1n) is 8.31. The maximum absolute atomic E-state index is 4.58. The second kappa shape index (κ2) is 7.44. The van der Waals surface area contributed by atoms with Gasteiger partial charge in [-0.2, -0.15) is 14.9 Å². The van der Waals surface area contributed by atoms with Gasteiger partial charge >= 0.3 is 0 Å². The van der Waals surface area contributed by atoms with Gasteiger partial charge in [0.2, 0.25) is 5.95 Å². The second-order valence-corrected chi connectivity index (χ2v) is 5.67. The van der Waals surface area contributed by atoms with Crippen LogP contribution in [-0.2, 0) is 0 Å². The number of benzene rings is 3. The van der Waals surface area contributed by atoms with Crippen molar-refractivity contribution in [3.05, 3.63) is 96.1 Å².